The van der Waals surface area contributed by atoms with Crippen LogP contribution in [0.15, 0.2) is 24.3 Å². The molecule has 1 heterocycles. The molecule has 0 aromatic heterocycles. The second kappa shape index (κ2) is 5.31. The highest BCUT2D eigenvalue weighted by Gasteiger charge is 2.32. The highest BCUT2D eigenvalue weighted by Crippen LogP contribution is 2.26. The van der Waals surface area contributed by atoms with Crippen LogP contribution in [0.4, 0.5) is 0 Å². The second-order valence-corrected chi connectivity index (χ2v) is 5.44. The molecule has 1 aliphatic carbocycles. The molecular formula is C15H20N2O2. The molecule has 0 spiro atoms. The highest BCUT2D eigenvalue weighted by molar-refractivity contribution is 5.97. The van der Waals surface area contributed by atoms with Crippen molar-refractivity contribution in [3.05, 3.63) is 35.4 Å². The van der Waals surface area contributed by atoms with Gasteiger partial charge in [0.25, 0.3) is 5.91 Å². The lowest BCUT2D eigenvalue weighted by Crippen LogP contribution is -2.41. The Hall–Kier alpha value is -1.39. The number of hydroxylamine groups is 2. The Morgan fingerprint density at radius 2 is 1.95 bits per heavy atom. The van der Waals surface area contributed by atoms with Crippen LogP contribution in [0.2, 0.25) is 0 Å². The third-order valence-electron chi connectivity index (χ3n) is 4.05. The Labute approximate surface area is 113 Å². The third kappa shape index (κ3) is 2.51. The van der Waals surface area contributed by atoms with Crippen LogP contribution in [-0.2, 0) is 11.4 Å². The molecule has 0 unspecified atom stereocenters. The maximum absolute atomic E-state index is 12.2. The molecule has 1 amide bonds. The molecular weight excluding hydrogens is 240 g/mol. The van der Waals surface area contributed by atoms with Crippen molar-refractivity contribution in [2.45, 2.75) is 50.8 Å². The largest absolute Gasteiger partial charge is 0.325 e. The lowest BCUT2D eigenvalue weighted by atomic mass is 10.1. The predicted octanol–water partition coefficient (Wildman–Crippen LogP) is 2.23. The third-order valence-corrected chi connectivity index (χ3v) is 4.05. The molecule has 1 aromatic carbocycles. The molecule has 0 bridgehead atoms. The molecule has 2 aliphatic rings. The Morgan fingerprint density at radius 1 is 1.16 bits per heavy atom. The van der Waals surface area contributed by atoms with E-state index in [-0.39, 0.29) is 18.1 Å². The number of hydrogen-bond acceptors (Lipinski definition) is 3. The summed E-state index contributed by atoms with van der Waals surface area (Å²) in [6, 6.07) is 7.71. The van der Waals surface area contributed by atoms with Gasteiger partial charge in [0.2, 0.25) is 0 Å². The van der Waals surface area contributed by atoms with E-state index >= 15 is 0 Å². The monoisotopic (exact) mass is 260 g/mol. The minimum absolute atomic E-state index is 0.0271. The average Bonchev–Trinajstić information content (AvgIpc) is 2.59. The molecule has 102 valence electrons. The summed E-state index contributed by atoms with van der Waals surface area (Å²) in [5.41, 5.74) is 7.94. The van der Waals surface area contributed by atoms with Crippen molar-refractivity contribution in [3.63, 3.8) is 0 Å². The van der Waals surface area contributed by atoms with Gasteiger partial charge in [0.15, 0.2) is 0 Å². The Bertz CT molecular complexity index is 475. The molecule has 2 atom stereocenters. The molecule has 2 N–H and O–H groups in total. The number of carbonyl (C=O) groups is 1. The maximum Gasteiger partial charge on any atom is 0.278 e. The summed E-state index contributed by atoms with van der Waals surface area (Å²) >= 11 is 0. The number of carbonyl (C=O) groups excluding carboxylic acids is 1. The van der Waals surface area contributed by atoms with E-state index in [0.29, 0.717) is 6.54 Å². The molecule has 1 fully saturated rings. The first-order chi connectivity index (χ1) is 9.25. The fourth-order valence-electron chi connectivity index (χ4n) is 2.91. The quantitative estimate of drug-likeness (QED) is 0.830. The molecule has 4 nitrogen and oxygen atoms in total. The van der Waals surface area contributed by atoms with E-state index < -0.39 is 0 Å². The topological polar surface area (TPSA) is 55.6 Å². The van der Waals surface area contributed by atoms with E-state index in [4.69, 9.17) is 10.6 Å². The first-order valence-corrected chi connectivity index (χ1v) is 7.08. The zero-order chi connectivity index (χ0) is 13.2. The summed E-state index contributed by atoms with van der Waals surface area (Å²) in [6.45, 7) is 0.540. The van der Waals surface area contributed by atoms with E-state index in [0.717, 1.165) is 36.8 Å². The number of benzene rings is 1. The van der Waals surface area contributed by atoms with Crippen LogP contribution in [0.5, 0.6) is 0 Å². The Balaban J connectivity index is 1.70. The van der Waals surface area contributed by atoms with Crippen molar-refractivity contribution in [2.24, 2.45) is 5.73 Å². The van der Waals surface area contributed by atoms with Crippen molar-refractivity contribution in [3.8, 4) is 0 Å². The minimum atomic E-state index is -0.0351. The Morgan fingerprint density at radius 3 is 2.79 bits per heavy atom. The van der Waals surface area contributed by atoms with Gasteiger partial charge in [0.05, 0.1) is 6.54 Å². The van der Waals surface area contributed by atoms with Crippen LogP contribution in [0.25, 0.3) is 0 Å². The molecule has 1 saturated carbocycles. The average molecular weight is 260 g/mol. The fraction of sp³-hybridized carbons (Fsp3) is 0.533. The lowest BCUT2D eigenvalue weighted by molar-refractivity contribution is -0.172. The van der Waals surface area contributed by atoms with Gasteiger partial charge >= 0.3 is 0 Å². The summed E-state index contributed by atoms with van der Waals surface area (Å²) in [4.78, 5) is 18.1. The first-order valence-electron chi connectivity index (χ1n) is 7.08. The number of rotatable bonds is 2. The summed E-state index contributed by atoms with van der Waals surface area (Å²) in [6.07, 6.45) is 5.41. The minimum Gasteiger partial charge on any atom is -0.325 e. The zero-order valence-corrected chi connectivity index (χ0v) is 11.0. The van der Waals surface area contributed by atoms with Crippen LogP contribution in [0, 0.1) is 0 Å². The van der Waals surface area contributed by atoms with Crippen LogP contribution >= 0.6 is 0 Å². The smallest absolute Gasteiger partial charge is 0.278 e. The maximum atomic E-state index is 12.2. The first kappa shape index (κ1) is 12.6. The summed E-state index contributed by atoms with van der Waals surface area (Å²) in [5.74, 6) is -0.0351. The van der Waals surface area contributed by atoms with Crippen LogP contribution in [0.1, 0.15) is 48.0 Å². The van der Waals surface area contributed by atoms with Crippen molar-refractivity contribution in [1.29, 1.82) is 0 Å². The summed E-state index contributed by atoms with van der Waals surface area (Å²) in [7, 11) is 0. The second-order valence-electron chi connectivity index (χ2n) is 5.44. The van der Waals surface area contributed by atoms with Crippen molar-refractivity contribution in [1.82, 2.24) is 5.06 Å². The lowest BCUT2D eigenvalue weighted by Gasteiger charge is -2.26. The zero-order valence-electron chi connectivity index (χ0n) is 11.0. The summed E-state index contributed by atoms with van der Waals surface area (Å²) < 4.78 is 0. The van der Waals surface area contributed by atoms with E-state index in [1.807, 2.05) is 24.3 Å². The normalized spacial score (nSPS) is 27.2. The standard InChI is InChI=1S/C15H20N2O2/c16-13-8-2-1-3-9-14(13)19-17-10-11-6-4-5-7-12(11)15(17)18/h4-7,13-14H,1-3,8-10,16H2/t13-,14-/m0/s1. The molecule has 19 heavy (non-hydrogen) atoms. The molecule has 1 aromatic rings. The number of nitrogens with two attached hydrogens (primary N) is 1. The highest BCUT2D eigenvalue weighted by atomic mass is 16.7. The summed E-state index contributed by atoms with van der Waals surface area (Å²) in [5, 5.41) is 1.49. The predicted molar refractivity (Wildman–Crippen MR) is 72.2 cm³/mol. The van der Waals surface area contributed by atoms with E-state index in [1.54, 1.807) is 0 Å². The van der Waals surface area contributed by atoms with Gasteiger partial charge in [-0.3, -0.25) is 9.63 Å². The SMILES string of the molecule is N[C@H]1CCCCC[C@@H]1ON1Cc2ccccc2C1=O. The van der Waals surface area contributed by atoms with Gasteiger partial charge in [-0.25, -0.2) is 5.06 Å². The fourth-order valence-corrected chi connectivity index (χ4v) is 2.91. The van der Waals surface area contributed by atoms with Gasteiger partial charge in [-0.15, -0.1) is 0 Å². The van der Waals surface area contributed by atoms with Gasteiger partial charge in [-0.2, -0.15) is 0 Å². The molecule has 0 saturated heterocycles. The van der Waals surface area contributed by atoms with Gasteiger partial charge in [0, 0.05) is 11.6 Å². The number of fused-ring (bicyclic) bond motifs is 1. The van der Waals surface area contributed by atoms with Crippen molar-refractivity contribution < 1.29 is 9.63 Å². The van der Waals surface area contributed by atoms with E-state index in [2.05, 4.69) is 0 Å². The van der Waals surface area contributed by atoms with Gasteiger partial charge in [0.1, 0.15) is 6.10 Å². The van der Waals surface area contributed by atoms with Crippen molar-refractivity contribution in [2.75, 3.05) is 0 Å². The molecule has 1 aliphatic heterocycles. The molecule has 0 radical (unpaired) electrons. The van der Waals surface area contributed by atoms with Gasteiger partial charge in [-0.1, -0.05) is 37.5 Å². The number of hydrogen-bond donors (Lipinski definition) is 1. The van der Waals surface area contributed by atoms with Crippen LogP contribution in [-0.4, -0.2) is 23.1 Å². The van der Waals surface area contributed by atoms with Crippen LogP contribution < -0.4 is 5.73 Å². The van der Waals surface area contributed by atoms with Gasteiger partial charge < -0.3 is 5.73 Å². The van der Waals surface area contributed by atoms with Crippen molar-refractivity contribution >= 4 is 5.91 Å². The molecule has 4 heteroatoms. The Kier molecular flexibility index (Phi) is 3.53. The number of amides is 1. The number of nitrogens with zero attached hydrogens (tertiary/aromatic N) is 1. The van der Waals surface area contributed by atoms with E-state index in [9.17, 15) is 4.79 Å². The van der Waals surface area contributed by atoms with E-state index in [1.165, 1.54) is 11.5 Å². The van der Waals surface area contributed by atoms with Crippen LogP contribution in [0.3, 0.4) is 0 Å². The molecule has 3 rings (SSSR count). The van der Waals surface area contributed by atoms with Gasteiger partial charge in [-0.05, 0) is 24.5 Å².